The predicted octanol–water partition coefficient (Wildman–Crippen LogP) is 4.95. The number of fused-ring (bicyclic) bond motifs is 1. The number of hydrogen-bond donors (Lipinski definition) is 0. The van der Waals surface area contributed by atoms with Gasteiger partial charge in [0.05, 0.1) is 0 Å². The standard InChI is InChI=1S/C16H21BrClN3/c17-13-10-14-16(19-11-13)21(15(20-14)7-8-18)9-3-6-12-4-1-2-5-12/h10-12H,1-9H2. The molecule has 21 heavy (non-hydrogen) atoms. The Morgan fingerprint density at radius 1 is 1.33 bits per heavy atom. The summed E-state index contributed by atoms with van der Waals surface area (Å²) in [5.74, 6) is 2.61. The predicted molar refractivity (Wildman–Crippen MR) is 90.8 cm³/mol. The Bertz CT molecular complexity index is 605. The lowest BCUT2D eigenvalue weighted by Crippen LogP contribution is -2.07. The van der Waals surface area contributed by atoms with E-state index in [1.807, 2.05) is 12.3 Å². The fourth-order valence-electron chi connectivity index (χ4n) is 3.38. The van der Waals surface area contributed by atoms with Crippen molar-refractivity contribution in [2.24, 2.45) is 5.92 Å². The van der Waals surface area contributed by atoms with E-state index in [9.17, 15) is 0 Å². The SMILES string of the molecule is ClCCc1nc2cc(Br)cnc2n1CCCC1CCCC1. The summed E-state index contributed by atoms with van der Waals surface area (Å²) in [5.41, 5.74) is 1.95. The molecule has 0 saturated heterocycles. The lowest BCUT2D eigenvalue weighted by Gasteiger charge is -2.11. The Labute approximate surface area is 139 Å². The molecular formula is C16H21BrClN3. The minimum Gasteiger partial charge on any atom is -0.313 e. The molecule has 0 bridgehead atoms. The van der Waals surface area contributed by atoms with Crippen LogP contribution in [0.15, 0.2) is 16.7 Å². The third kappa shape index (κ3) is 3.59. The van der Waals surface area contributed by atoms with Crippen molar-refractivity contribution in [3.8, 4) is 0 Å². The summed E-state index contributed by atoms with van der Waals surface area (Å²) >= 11 is 9.39. The lowest BCUT2D eigenvalue weighted by molar-refractivity contribution is 0.457. The van der Waals surface area contributed by atoms with Gasteiger partial charge in [0.25, 0.3) is 0 Å². The average Bonchev–Trinajstić information content (AvgIpc) is 3.08. The Hall–Kier alpha value is -0.610. The van der Waals surface area contributed by atoms with E-state index in [1.54, 1.807) is 0 Å². The maximum absolute atomic E-state index is 5.92. The van der Waals surface area contributed by atoms with Gasteiger partial charge in [0.1, 0.15) is 11.3 Å². The Morgan fingerprint density at radius 2 is 2.14 bits per heavy atom. The molecule has 0 atom stereocenters. The number of halogens is 2. The molecule has 0 aliphatic heterocycles. The number of aromatic nitrogens is 3. The van der Waals surface area contributed by atoms with E-state index in [-0.39, 0.29) is 0 Å². The summed E-state index contributed by atoms with van der Waals surface area (Å²) in [5, 5.41) is 0. The smallest absolute Gasteiger partial charge is 0.160 e. The second-order valence-electron chi connectivity index (χ2n) is 5.91. The first kappa shape index (κ1) is 15.3. The molecule has 3 nitrogen and oxygen atoms in total. The highest BCUT2D eigenvalue weighted by Gasteiger charge is 2.16. The number of nitrogens with zero attached hydrogens (tertiary/aromatic N) is 3. The zero-order chi connectivity index (χ0) is 14.7. The number of rotatable bonds is 6. The van der Waals surface area contributed by atoms with Gasteiger partial charge in [-0.2, -0.15) is 0 Å². The van der Waals surface area contributed by atoms with Gasteiger partial charge in [-0.1, -0.05) is 25.7 Å². The topological polar surface area (TPSA) is 30.7 Å². The second-order valence-corrected chi connectivity index (χ2v) is 7.20. The van der Waals surface area contributed by atoms with Crippen molar-refractivity contribution in [1.82, 2.24) is 14.5 Å². The van der Waals surface area contributed by atoms with Crippen molar-refractivity contribution in [2.75, 3.05) is 5.88 Å². The quantitative estimate of drug-likeness (QED) is 0.674. The van der Waals surface area contributed by atoms with Gasteiger partial charge < -0.3 is 4.57 Å². The van der Waals surface area contributed by atoms with Crippen LogP contribution in [-0.2, 0) is 13.0 Å². The van der Waals surface area contributed by atoms with Gasteiger partial charge in [0, 0.05) is 29.5 Å². The molecule has 1 saturated carbocycles. The zero-order valence-electron chi connectivity index (χ0n) is 12.2. The number of hydrogen-bond acceptors (Lipinski definition) is 2. The molecule has 114 valence electrons. The third-order valence-corrected chi connectivity index (χ3v) is 5.04. The van der Waals surface area contributed by atoms with Gasteiger partial charge in [-0.3, -0.25) is 0 Å². The Balaban J connectivity index is 1.76. The maximum atomic E-state index is 5.92. The monoisotopic (exact) mass is 369 g/mol. The van der Waals surface area contributed by atoms with Gasteiger partial charge in [0.2, 0.25) is 0 Å². The molecule has 2 aromatic rings. The van der Waals surface area contributed by atoms with Crippen LogP contribution in [-0.4, -0.2) is 20.4 Å². The number of alkyl halides is 1. The van der Waals surface area contributed by atoms with Gasteiger partial charge >= 0.3 is 0 Å². The largest absolute Gasteiger partial charge is 0.313 e. The van der Waals surface area contributed by atoms with E-state index in [2.05, 4.69) is 25.5 Å². The lowest BCUT2D eigenvalue weighted by atomic mass is 10.0. The molecule has 0 N–H and O–H groups in total. The highest BCUT2D eigenvalue weighted by molar-refractivity contribution is 9.10. The van der Waals surface area contributed by atoms with Crippen LogP contribution in [0.3, 0.4) is 0 Å². The fraction of sp³-hybridized carbons (Fsp3) is 0.625. The summed E-state index contributed by atoms with van der Waals surface area (Å²) in [4.78, 5) is 9.24. The second kappa shape index (κ2) is 7.10. The van der Waals surface area contributed by atoms with Crippen LogP contribution in [0.2, 0.25) is 0 Å². The third-order valence-electron chi connectivity index (χ3n) is 4.42. The minimum absolute atomic E-state index is 0.604. The molecule has 0 aromatic carbocycles. The summed E-state index contributed by atoms with van der Waals surface area (Å²) in [6.07, 6.45) is 10.9. The van der Waals surface area contributed by atoms with Crippen molar-refractivity contribution in [3.05, 3.63) is 22.6 Å². The number of pyridine rings is 1. The van der Waals surface area contributed by atoms with Crippen molar-refractivity contribution < 1.29 is 0 Å². The molecule has 1 aliphatic rings. The average molecular weight is 371 g/mol. The fourth-order valence-corrected chi connectivity index (χ4v) is 3.87. The molecular weight excluding hydrogens is 350 g/mol. The van der Waals surface area contributed by atoms with Gasteiger partial charge in [-0.15, -0.1) is 11.6 Å². The first-order valence-corrected chi connectivity index (χ1v) is 9.17. The van der Waals surface area contributed by atoms with Gasteiger partial charge in [-0.05, 0) is 40.8 Å². The molecule has 3 rings (SSSR count). The first-order chi connectivity index (χ1) is 10.3. The highest BCUT2D eigenvalue weighted by Crippen LogP contribution is 2.29. The zero-order valence-corrected chi connectivity index (χ0v) is 14.5. The molecule has 2 aromatic heterocycles. The van der Waals surface area contributed by atoms with Crippen LogP contribution >= 0.6 is 27.5 Å². The Kier molecular flexibility index (Phi) is 5.17. The molecule has 1 aliphatic carbocycles. The number of aryl methyl sites for hydroxylation is 2. The van der Waals surface area contributed by atoms with Gasteiger partial charge in [-0.25, -0.2) is 9.97 Å². The van der Waals surface area contributed by atoms with E-state index < -0.39 is 0 Å². The first-order valence-electron chi connectivity index (χ1n) is 7.84. The van der Waals surface area contributed by atoms with E-state index in [0.29, 0.717) is 5.88 Å². The molecule has 5 heteroatoms. The summed E-state index contributed by atoms with van der Waals surface area (Å²) in [6, 6.07) is 2.04. The van der Waals surface area contributed by atoms with Crippen LogP contribution < -0.4 is 0 Å². The van der Waals surface area contributed by atoms with Crippen LogP contribution in [0, 0.1) is 5.92 Å². The molecule has 0 radical (unpaired) electrons. The molecule has 2 heterocycles. The van der Waals surface area contributed by atoms with Crippen LogP contribution in [0.25, 0.3) is 11.2 Å². The van der Waals surface area contributed by atoms with E-state index >= 15 is 0 Å². The van der Waals surface area contributed by atoms with Crippen molar-refractivity contribution >= 4 is 38.7 Å². The number of imidazole rings is 1. The van der Waals surface area contributed by atoms with E-state index in [4.69, 9.17) is 16.6 Å². The highest BCUT2D eigenvalue weighted by atomic mass is 79.9. The van der Waals surface area contributed by atoms with E-state index in [1.165, 1.54) is 38.5 Å². The van der Waals surface area contributed by atoms with Crippen molar-refractivity contribution in [3.63, 3.8) is 0 Å². The normalized spacial score (nSPS) is 16.1. The van der Waals surface area contributed by atoms with Crippen molar-refractivity contribution in [2.45, 2.75) is 51.5 Å². The summed E-state index contributed by atoms with van der Waals surface area (Å²) < 4.78 is 3.24. The van der Waals surface area contributed by atoms with Crippen LogP contribution in [0.4, 0.5) is 0 Å². The maximum Gasteiger partial charge on any atom is 0.160 e. The van der Waals surface area contributed by atoms with Crippen LogP contribution in [0.5, 0.6) is 0 Å². The molecule has 1 fully saturated rings. The summed E-state index contributed by atoms with van der Waals surface area (Å²) in [6.45, 7) is 1.01. The summed E-state index contributed by atoms with van der Waals surface area (Å²) in [7, 11) is 0. The van der Waals surface area contributed by atoms with E-state index in [0.717, 1.165) is 40.3 Å². The Morgan fingerprint density at radius 3 is 2.90 bits per heavy atom. The molecule has 0 unspecified atom stereocenters. The molecule has 0 spiro atoms. The minimum atomic E-state index is 0.604. The molecule has 0 amide bonds. The van der Waals surface area contributed by atoms with Gasteiger partial charge in [0.15, 0.2) is 5.65 Å². The van der Waals surface area contributed by atoms with Crippen molar-refractivity contribution in [1.29, 1.82) is 0 Å². The van der Waals surface area contributed by atoms with Crippen LogP contribution in [0.1, 0.15) is 44.3 Å².